The molecule has 0 saturated heterocycles. The van der Waals surface area contributed by atoms with Crippen molar-refractivity contribution in [2.45, 2.75) is 26.7 Å². The molecule has 0 N–H and O–H groups in total. The first kappa shape index (κ1) is 16.2. The van der Waals surface area contributed by atoms with Gasteiger partial charge < -0.3 is 4.42 Å². The average Bonchev–Trinajstić information content (AvgIpc) is 2.97. The molecule has 0 radical (unpaired) electrons. The summed E-state index contributed by atoms with van der Waals surface area (Å²) in [6.45, 7) is 4.70. The summed E-state index contributed by atoms with van der Waals surface area (Å²) in [4.78, 5) is 27.6. The van der Waals surface area contributed by atoms with Crippen molar-refractivity contribution in [1.82, 2.24) is 0 Å². The van der Waals surface area contributed by atoms with E-state index in [-0.39, 0.29) is 17.3 Å². The van der Waals surface area contributed by atoms with Crippen molar-refractivity contribution in [1.29, 1.82) is 5.26 Å². The molecule has 6 heteroatoms. The van der Waals surface area contributed by atoms with Gasteiger partial charge in [-0.25, -0.2) is 4.99 Å². The van der Waals surface area contributed by atoms with Gasteiger partial charge in [0.2, 0.25) is 0 Å². The molecule has 2 unspecified atom stereocenters. The van der Waals surface area contributed by atoms with Crippen LogP contribution in [0.15, 0.2) is 39.1 Å². The molecule has 0 aliphatic carbocycles. The van der Waals surface area contributed by atoms with Crippen LogP contribution < -0.4 is 0 Å². The first-order chi connectivity index (χ1) is 10.5. The van der Waals surface area contributed by atoms with Gasteiger partial charge in [-0.05, 0) is 32.9 Å². The SMILES string of the molecule is CC(=O)CSC1=NC(C)=C(C(C)=O)C(c2ccco2)C1C#N. The molecule has 1 aromatic heterocycles. The fourth-order valence-corrected chi connectivity index (χ4v) is 3.43. The van der Waals surface area contributed by atoms with Crippen LogP contribution in [-0.4, -0.2) is 22.4 Å². The van der Waals surface area contributed by atoms with Crippen LogP contribution in [0.2, 0.25) is 0 Å². The van der Waals surface area contributed by atoms with Gasteiger partial charge in [-0.15, -0.1) is 11.8 Å². The number of rotatable bonds is 4. The molecule has 2 heterocycles. The van der Waals surface area contributed by atoms with E-state index in [2.05, 4.69) is 11.1 Å². The van der Waals surface area contributed by atoms with Gasteiger partial charge in [0.05, 0.1) is 29.0 Å². The van der Waals surface area contributed by atoms with Crippen molar-refractivity contribution in [2.75, 3.05) is 5.75 Å². The van der Waals surface area contributed by atoms with Gasteiger partial charge in [-0.2, -0.15) is 5.26 Å². The Morgan fingerprint density at radius 3 is 2.68 bits per heavy atom. The molecule has 0 bridgehead atoms. The number of aliphatic imine (C=N–C) groups is 1. The monoisotopic (exact) mass is 316 g/mol. The lowest BCUT2D eigenvalue weighted by Crippen LogP contribution is -2.28. The van der Waals surface area contributed by atoms with Crippen LogP contribution in [0, 0.1) is 17.2 Å². The molecule has 0 fully saturated rings. The van der Waals surface area contributed by atoms with Crippen LogP contribution in [0.1, 0.15) is 32.4 Å². The highest BCUT2D eigenvalue weighted by Crippen LogP contribution is 2.41. The lowest BCUT2D eigenvalue weighted by molar-refractivity contribution is -0.115. The zero-order valence-corrected chi connectivity index (χ0v) is 13.4. The lowest BCUT2D eigenvalue weighted by atomic mass is 9.80. The first-order valence-corrected chi connectivity index (χ1v) is 7.79. The zero-order valence-electron chi connectivity index (χ0n) is 12.6. The zero-order chi connectivity index (χ0) is 16.3. The minimum Gasteiger partial charge on any atom is -0.469 e. The van der Waals surface area contributed by atoms with Crippen LogP contribution in [-0.2, 0) is 9.59 Å². The summed E-state index contributed by atoms with van der Waals surface area (Å²) in [5, 5.41) is 10.1. The summed E-state index contributed by atoms with van der Waals surface area (Å²) < 4.78 is 5.44. The van der Waals surface area contributed by atoms with E-state index >= 15 is 0 Å². The summed E-state index contributed by atoms with van der Waals surface area (Å²) in [5.41, 5.74) is 1.07. The third kappa shape index (κ3) is 3.20. The lowest BCUT2D eigenvalue weighted by Gasteiger charge is -2.27. The van der Waals surface area contributed by atoms with Gasteiger partial charge >= 0.3 is 0 Å². The molecule has 0 spiro atoms. The Bertz CT molecular complexity index is 695. The van der Waals surface area contributed by atoms with Crippen molar-refractivity contribution < 1.29 is 14.0 Å². The molecule has 5 nitrogen and oxygen atoms in total. The highest BCUT2D eigenvalue weighted by molar-refractivity contribution is 8.14. The molecule has 0 saturated carbocycles. The Morgan fingerprint density at radius 2 is 2.18 bits per heavy atom. The number of carbonyl (C=O) groups is 2. The summed E-state index contributed by atoms with van der Waals surface area (Å²) in [6, 6.07) is 5.69. The Hall–Kier alpha value is -2.13. The Labute approximate surface area is 133 Å². The van der Waals surface area contributed by atoms with Crippen molar-refractivity contribution in [3.05, 3.63) is 35.4 Å². The largest absolute Gasteiger partial charge is 0.469 e. The van der Waals surface area contributed by atoms with Gasteiger partial charge in [0.25, 0.3) is 0 Å². The number of thioether (sulfide) groups is 1. The molecule has 1 aliphatic heterocycles. The van der Waals surface area contributed by atoms with Gasteiger partial charge in [0.15, 0.2) is 5.78 Å². The normalized spacial score (nSPS) is 21.3. The van der Waals surface area contributed by atoms with E-state index in [1.165, 1.54) is 31.9 Å². The van der Waals surface area contributed by atoms with Crippen LogP contribution >= 0.6 is 11.8 Å². The molecule has 2 atom stereocenters. The topological polar surface area (TPSA) is 83.4 Å². The quantitative estimate of drug-likeness (QED) is 0.852. The molecule has 114 valence electrons. The highest BCUT2D eigenvalue weighted by Gasteiger charge is 2.39. The maximum Gasteiger partial charge on any atom is 0.158 e. The minimum atomic E-state index is -0.627. The number of Topliss-reactive ketones (excluding diaryl/α,β-unsaturated/α-hetero) is 2. The number of nitrogens with zero attached hydrogens (tertiary/aromatic N) is 2. The van der Waals surface area contributed by atoms with Gasteiger partial charge in [-0.1, -0.05) is 0 Å². The second kappa shape index (κ2) is 6.75. The Morgan fingerprint density at radius 1 is 1.45 bits per heavy atom. The van der Waals surface area contributed by atoms with Crippen LogP contribution in [0.5, 0.6) is 0 Å². The first-order valence-electron chi connectivity index (χ1n) is 6.81. The number of allylic oxidation sites excluding steroid dienone is 2. The number of hydrogen-bond donors (Lipinski definition) is 0. The van der Waals surface area contributed by atoms with Gasteiger partial charge in [0.1, 0.15) is 17.5 Å². The Balaban J connectivity index is 2.50. The van der Waals surface area contributed by atoms with Crippen molar-refractivity contribution in [3.8, 4) is 6.07 Å². The molecular formula is C16H16N2O3S. The minimum absolute atomic E-state index is 0.0120. The molecule has 1 aromatic rings. The number of furan rings is 1. The van der Waals surface area contributed by atoms with E-state index in [0.29, 0.717) is 22.1 Å². The standard InChI is InChI=1S/C16H16N2O3S/c1-9(19)8-22-16-12(7-17)15(13-5-4-6-21-13)14(11(3)20)10(2)18-16/h4-6,12,15H,8H2,1-3H3. The van der Waals surface area contributed by atoms with Crippen LogP contribution in [0.3, 0.4) is 0 Å². The number of hydrogen-bond acceptors (Lipinski definition) is 6. The molecular weight excluding hydrogens is 300 g/mol. The van der Waals surface area contributed by atoms with Gasteiger partial charge in [0, 0.05) is 11.3 Å². The summed E-state index contributed by atoms with van der Waals surface area (Å²) in [6.07, 6.45) is 1.52. The van der Waals surface area contributed by atoms with Crippen molar-refractivity contribution >= 4 is 28.4 Å². The number of carbonyl (C=O) groups excluding carboxylic acids is 2. The molecule has 1 aliphatic rings. The fourth-order valence-electron chi connectivity index (χ4n) is 2.51. The smallest absolute Gasteiger partial charge is 0.158 e. The third-order valence-electron chi connectivity index (χ3n) is 3.37. The van der Waals surface area contributed by atoms with Crippen LogP contribution in [0.4, 0.5) is 0 Å². The number of nitriles is 1. The Kier molecular flexibility index (Phi) is 4.99. The fraction of sp³-hybridized carbons (Fsp3) is 0.375. The maximum atomic E-state index is 12.0. The summed E-state index contributed by atoms with van der Waals surface area (Å²) in [7, 11) is 0. The molecule has 0 aromatic carbocycles. The van der Waals surface area contributed by atoms with E-state index in [1.54, 1.807) is 19.1 Å². The average molecular weight is 316 g/mol. The number of ketones is 2. The van der Waals surface area contributed by atoms with E-state index in [9.17, 15) is 14.9 Å². The summed E-state index contributed by atoms with van der Waals surface area (Å²) >= 11 is 1.25. The van der Waals surface area contributed by atoms with Crippen LogP contribution in [0.25, 0.3) is 0 Å². The predicted molar refractivity (Wildman–Crippen MR) is 84.5 cm³/mol. The van der Waals surface area contributed by atoms with Crippen molar-refractivity contribution in [3.63, 3.8) is 0 Å². The predicted octanol–water partition coefficient (Wildman–Crippen LogP) is 3.10. The molecule has 2 rings (SSSR count). The highest BCUT2D eigenvalue weighted by atomic mass is 32.2. The van der Waals surface area contributed by atoms with E-state index in [4.69, 9.17) is 4.42 Å². The summed E-state index contributed by atoms with van der Waals surface area (Å²) in [5.74, 6) is -0.407. The maximum absolute atomic E-state index is 12.0. The van der Waals surface area contributed by atoms with Gasteiger partial charge in [-0.3, -0.25) is 9.59 Å². The third-order valence-corrected chi connectivity index (χ3v) is 4.56. The van der Waals surface area contributed by atoms with E-state index in [0.717, 1.165) is 0 Å². The second-order valence-electron chi connectivity index (χ2n) is 5.10. The van der Waals surface area contributed by atoms with E-state index in [1.807, 2.05) is 0 Å². The van der Waals surface area contributed by atoms with Crippen molar-refractivity contribution in [2.24, 2.45) is 10.9 Å². The molecule has 22 heavy (non-hydrogen) atoms. The second-order valence-corrected chi connectivity index (χ2v) is 6.09. The van der Waals surface area contributed by atoms with E-state index < -0.39 is 11.8 Å². The molecule has 0 amide bonds.